The van der Waals surface area contributed by atoms with Crippen LogP contribution in [0.1, 0.15) is 84.4 Å². The van der Waals surface area contributed by atoms with E-state index in [4.69, 9.17) is 43.6 Å². The fourth-order valence-electron chi connectivity index (χ4n) is 8.00. The van der Waals surface area contributed by atoms with E-state index in [1.54, 1.807) is 45.2 Å². The van der Waals surface area contributed by atoms with E-state index in [9.17, 15) is 29.1 Å². The summed E-state index contributed by atoms with van der Waals surface area (Å²) in [6.07, 6.45) is -0.677. The van der Waals surface area contributed by atoms with Crippen molar-refractivity contribution in [3.05, 3.63) is 74.8 Å². The summed E-state index contributed by atoms with van der Waals surface area (Å²) in [6.45, 7) is 6.62. The number of aliphatic hydroxyl groups excluding tert-OH is 1. The lowest BCUT2D eigenvalue weighted by Crippen LogP contribution is -2.53. The summed E-state index contributed by atoms with van der Waals surface area (Å²) in [5.74, 6) is -3.79. The number of methoxy groups -OCH3 is 1. The molecule has 5 N–H and O–H groups in total. The first-order chi connectivity index (χ1) is 29.2. The van der Waals surface area contributed by atoms with Gasteiger partial charge in [0.05, 0.1) is 20.3 Å². The highest BCUT2D eigenvalue weighted by atomic mass is 16.8. The SMILES string of the molecule is CCCCCCO[C@@H]1[C@H](CO)[C@@H]([C@@H](O[C@H]2OC(C(=O)N[C@H]3CCC[C@@H](C)NC3=O)=C[C@@H]3OC(C)(C)O[C@H]23)C(N)=O)O[C@H]1n1ccc(=O)n(COCc2ccc(OC)cc2)c1=O. The second-order valence-corrected chi connectivity index (χ2v) is 16.2. The second kappa shape index (κ2) is 20.5. The van der Waals surface area contributed by atoms with Crippen LogP contribution in [0.5, 0.6) is 5.75 Å². The second-order valence-electron chi connectivity index (χ2n) is 16.2. The lowest BCUT2D eigenvalue weighted by Gasteiger charge is -2.35. The number of nitrogens with two attached hydrogens (primary N) is 1. The normalized spacial score (nSPS) is 28.8. The van der Waals surface area contributed by atoms with E-state index in [-0.39, 0.29) is 30.9 Å². The molecule has 6 rings (SSSR count). The standard InChI is InChI=1S/C42H59N5O14/c1-6-7-8-9-19-56-33-27(21-48)32(58-39(33)46-18-17-31(49)47(41(46)53)23-55-22-25-13-15-26(54-5)16-14-25)35(36(43)50)59-40-34-29(60-42(3,4)61-34)20-30(57-40)38(52)45-28-12-10-11-24(2)44-37(28)51/h13-18,20,24,27-29,32-35,39-40,48H,6-12,19,21-23H2,1-5H3,(H2,43,50)(H,44,51)(H,45,52)/t24-,27-,28+,29+,32+,33-,34+,35-,39-,40-/m1/s1. The van der Waals surface area contributed by atoms with Crippen molar-refractivity contribution in [3.63, 3.8) is 0 Å². The minimum Gasteiger partial charge on any atom is -0.497 e. The topological polar surface area (TPSA) is 239 Å². The third-order valence-electron chi connectivity index (χ3n) is 11.2. The van der Waals surface area contributed by atoms with Gasteiger partial charge < -0.3 is 59.4 Å². The predicted octanol–water partition coefficient (Wildman–Crippen LogP) is 1.47. The number of nitrogens with zero attached hydrogens (tertiary/aromatic N) is 2. The Morgan fingerprint density at radius 1 is 1.08 bits per heavy atom. The van der Waals surface area contributed by atoms with Gasteiger partial charge >= 0.3 is 5.69 Å². The summed E-state index contributed by atoms with van der Waals surface area (Å²) in [5, 5.41) is 16.5. The summed E-state index contributed by atoms with van der Waals surface area (Å²) in [6, 6.07) is 7.42. The quantitative estimate of drug-likeness (QED) is 0.147. The van der Waals surface area contributed by atoms with E-state index in [0.717, 1.165) is 40.4 Å². The maximum atomic E-state index is 14.1. The van der Waals surface area contributed by atoms with Crippen molar-refractivity contribution in [2.75, 3.05) is 20.3 Å². The maximum Gasteiger partial charge on any atom is 0.335 e. The summed E-state index contributed by atoms with van der Waals surface area (Å²) in [7, 11) is 1.55. The van der Waals surface area contributed by atoms with Gasteiger partial charge in [0.1, 0.15) is 36.8 Å². The fourth-order valence-corrected chi connectivity index (χ4v) is 8.00. The van der Waals surface area contributed by atoms with Gasteiger partial charge in [-0.1, -0.05) is 38.3 Å². The van der Waals surface area contributed by atoms with E-state index >= 15 is 0 Å². The molecule has 3 fully saturated rings. The predicted molar refractivity (Wildman–Crippen MR) is 215 cm³/mol. The van der Waals surface area contributed by atoms with Crippen LogP contribution in [0.4, 0.5) is 0 Å². The molecule has 1 aromatic heterocycles. The van der Waals surface area contributed by atoms with Crippen LogP contribution in [0.3, 0.4) is 0 Å². The lowest BCUT2D eigenvalue weighted by atomic mass is 9.94. The highest BCUT2D eigenvalue weighted by Gasteiger charge is 2.55. The van der Waals surface area contributed by atoms with E-state index in [2.05, 4.69) is 17.6 Å². The van der Waals surface area contributed by atoms with Gasteiger partial charge in [0, 0.05) is 30.8 Å². The Morgan fingerprint density at radius 2 is 1.85 bits per heavy atom. The molecule has 336 valence electrons. The Hall–Kier alpha value is -4.63. The molecule has 1 aromatic carbocycles. The van der Waals surface area contributed by atoms with Gasteiger partial charge in [0.25, 0.3) is 11.5 Å². The van der Waals surface area contributed by atoms with Gasteiger partial charge in [-0.3, -0.25) is 23.7 Å². The number of carbonyl (C=O) groups excluding carboxylic acids is 3. The van der Waals surface area contributed by atoms with Crippen LogP contribution in [-0.4, -0.2) is 107 Å². The zero-order chi connectivity index (χ0) is 43.8. The number of hydrogen-bond donors (Lipinski definition) is 4. The molecule has 4 aliphatic heterocycles. The number of unbranched alkanes of at least 4 members (excludes halogenated alkanes) is 3. The molecule has 0 spiro atoms. The number of nitrogens with one attached hydrogen (secondary N) is 2. The van der Waals surface area contributed by atoms with E-state index < -0.39 is 97.2 Å². The number of aliphatic hydroxyl groups is 1. The maximum absolute atomic E-state index is 14.1. The number of fused-ring (bicyclic) bond motifs is 1. The monoisotopic (exact) mass is 857 g/mol. The van der Waals surface area contributed by atoms with Crippen molar-refractivity contribution in [1.29, 1.82) is 0 Å². The zero-order valence-corrected chi connectivity index (χ0v) is 35.3. The molecular formula is C42H59N5O14. The third kappa shape index (κ3) is 11.1. The van der Waals surface area contributed by atoms with Gasteiger partial charge in [-0.2, -0.15) is 0 Å². The molecule has 0 saturated carbocycles. The molecule has 19 nitrogen and oxygen atoms in total. The fraction of sp³-hybridized carbons (Fsp3) is 0.643. The molecule has 19 heteroatoms. The highest BCUT2D eigenvalue weighted by molar-refractivity contribution is 5.95. The van der Waals surface area contributed by atoms with Crippen LogP contribution in [-0.2, 0) is 60.9 Å². The van der Waals surface area contributed by atoms with Crippen LogP contribution in [0, 0.1) is 5.92 Å². The summed E-state index contributed by atoms with van der Waals surface area (Å²) in [4.78, 5) is 67.0. The molecule has 3 amide bonds. The summed E-state index contributed by atoms with van der Waals surface area (Å²) >= 11 is 0. The highest BCUT2D eigenvalue weighted by Crippen LogP contribution is 2.41. The Morgan fingerprint density at radius 3 is 2.56 bits per heavy atom. The average Bonchev–Trinajstić information content (AvgIpc) is 3.69. The Balaban J connectivity index is 1.26. The Bertz CT molecular complexity index is 1980. The molecule has 0 bridgehead atoms. The lowest BCUT2D eigenvalue weighted by molar-refractivity contribution is -0.239. The average molecular weight is 858 g/mol. The molecular weight excluding hydrogens is 798 g/mol. The molecule has 61 heavy (non-hydrogen) atoms. The molecule has 0 aliphatic carbocycles. The van der Waals surface area contributed by atoms with Crippen LogP contribution < -0.4 is 32.4 Å². The molecule has 4 aliphatic rings. The third-order valence-corrected chi connectivity index (χ3v) is 11.2. The number of hydrogen-bond acceptors (Lipinski definition) is 14. The zero-order valence-electron chi connectivity index (χ0n) is 35.3. The summed E-state index contributed by atoms with van der Waals surface area (Å²) in [5.41, 5.74) is 5.36. The van der Waals surface area contributed by atoms with Crippen molar-refractivity contribution in [2.45, 2.75) is 147 Å². The Labute approximate surface area is 353 Å². The summed E-state index contributed by atoms with van der Waals surface area (Å²) < 4.78 is 50.4. The molecule has 5 heterocycles. The van der Waals surface area contributed by atoms with Crippen LogP contribution in [0.25, 0.3) is 0 Å². The largest absolute Gasteiger partial charge is 0.497 e. The number of rotatable bonds is 19. The molecule has 10 atom stereocenters. The number of benzene rings is 1. The van der Waals surface area contributed by atoms with Crippen molar-refractivity contribution in [2.24, 2.45) is 11.7 Å². The first-order valence-electron chi connectivity index (χ1n) is 20.9. The van der Waals surface area contributed by atoms with Crippen molar-refractivity contribution in [1.82, 2.24) is 19.8 Å². The first kappa shape index (κ1) is 45.9. The van der Waals surface area contributed by atoms with E-state index in [1.807, 2.05) is 6.92 Å². The molecule has 2 aromatic rings. The first-order valence-corrected chi connectivity index (χ1v) is 20.9. The number of amides is 3. The van der Waals surface area contributed by atoms with Crippen LogP contribution in [0.2, 0.25) is 0 Å². The van der Waals surface area contributed by atoms with Crippen LogP contribution in [0.15, 0.2) is 58.0 Å². The number of ether oxygens (including phenoxy) is 8. The smallest absolute Gasteiger partial charge is 0.335 e. The van der Waals surface area contributed by atoms with Gasteiger partial charge in [0.2, 0.25) is 18.1 Å². The van der Waals surface area contributed by atoms with Gasteiger partial charge in [0.15, 0.2) is 30.0 Å². The Kier molecular flexibility index (Phi) is 15.4. The van der Waals surface area contributed by atoms with Crippen LogP contribution >= 0.6 is 0 Å². The van der Waals surface area contributed by atoms with E-state index in [0.29, 0.717) is 25.0 Å². The van der Waals surface area contributed by atoms with Crippen molar-refractivity contribution >= 4 is 17.7 Å². The minimum absolute atomic E-state index is 0.0449. The van der Waals surface area contributed by atoms with Gasteiger partial charge in [-0.05, 0) is 70.2 Å². The molecule has 0 radical (unpaired) electrons. The van der Waals surface area contributed by atoms with Gasteiger partial charge in [-0.15, -0.1) is 0 Å². The van der Waals surface area contributed by atoms with Crippen molar-refractivity contribution < 1.29 is 57.4 Å². The molecule has 0 unspecified atom stereocenters. The minimum atomic E-state index is -1.67. The molecule has 3 saturated heterocycles. The number of aromatic nitrogens is 2. The number of carbonyl (C=O) groups is 3. The number of primary amides is 1. The van der Waals surface area contributed by atoms with Gasteiger partial charge in [-0.25, -0.2) is 9.36 Å². The van der Waals surface area contributed by atoms with E-state index in [1.165, 1.54) is 18.3 Å². The van der Waals surface area contributed by atoms with Crippen molar-refractivity contribution in [3.8, 4) is 5.75 Å².